The summed E-state index contributed by atoms with van der Waals surface area (Å²) in [5.41, 5.74) is 0.636. The summed E-state index contributed by atoms with van der Waals surface area (Å²) < 4.78 is 27.2. The number of rotatable bonds is 3. The zero-order valence-corrected chi connectivity index (χ0v) is 12.2. The molecule has 0 spiro atoms. The zero-order valence-electron chi connectivity index (χ0n) is 9.85. The van der Waals surface area contributed by atoms with Gasteiger partial charge in [-0.05, 0) is 28.4 Å². The van der Waals surface area contributed by atoms with Gasteiger partial charge in [-0.15, -0.1) is 0 Å². The van der Waals surface area contributed by atoms with Gasteiger partial charge in [0.25, 0.3) is 0 Å². The third-order valence-corrected chi connectivity index (χ3v) is 3.44. The molecule has 1 aromatic heterocycles. The van der Waals surface area contributed by atoms with Crippen LogP contribution in [0.2, 0.25) is 5.15 Å². The van der Waals surface area contributed by atoms with Crippen LogP contribution in [0.4, 0.5) is 20.3 Å². The number of halogens is 4. The Balaban J connectivity index is 2.42. The maximum Gasteiger partial charge on any atom is 0.148 e. The van der Waals surface area contributed by atoms with Gasteiger partial charge in [0.05, 0.1) is 10.2 Å². The van der Waals surface area contributed by atoms with Crippen LogP contribution in [0, 0.1) is 11.6 Å². The molecule has 0 atom stereocenters. The first-order chi connectivity index (χ1) is 9.02. The minimum atomic E-state index is -0.593. The maximum absolute atomic E-state index is 13.7. The van der Waals surface area contributed by atoms with Crippen LogP contribution < -0.4 is 5.32 Å². The lowest BCUT2D eigenvalue weighted by atomic mass is 10.2. The first kappa shape index (κ1) is 14.1. The van der Waals surface area contributed by atoms with E-state index in [1.165, 1.54) is 6.33 Å². The monoisotopic (exact) mass is 347 g/mol. The Morgan fingerprint density at radius 3 is 2.68 bits per heavy atom. The van der Waals surface area contributed by atoms with Gasteiger partial charge in [-0.3, -0.25) is 0 Å². The molecule has 2 aromatic rings. The molecular weight excluding hydrogens is 340 g/mol. The predicted octanol–water partition coefficient (Wildman–Crippen LogP) is 4.48. The third-order valence-electron chi connectivity index (χ3n) is 2.51. The Morgan fingerprint density at radius 2 is 2.00 bits per heavy atom. The van der Waals surface area contributed by atoms with Crippen molar-refractivity contribution in [1.82, 2.24) is 9.97 Å². The van der Waals surface area contributed by atoms with Crippen molar-refractivity contribution in [2.45, 2.75) is 13.3 Å². The van der Waals surface area contributed by atoms with Gasteiger partial charge in [0.1, 0.15) is 28.9 Å². The van der Waals surface area contributed by atoms with Crippen molar-refractivity contribution in [3.05, 3.63) is 45.3 Å². The van der Waals surface area contributed by atoms with E-state index in [0.29, 0.717) is 17.8 Å². The quantitative estimate of drug-likeness (QED) is 0.656. The van der Waals surface area contributed by atoms with Crippen LogP contribution in [0.15, 0.2) is 22.9 Å². The predicted molar refractivity (Wildman–Crippen MR) is 73.8 cm³/mol. The number of benzene rings is 1. The van der Waals surface area contributed by atoms with Crippen molar-refractivity contribution in [1.29, 1.82) is 0 Å². The minimum absolute atomic E-state index is 0.00910. The summed E-state index contributed by atoms with van der Waals surface area (Å²) in [6.45, 7) is 1.87. The highest BCUT2D eigenvalue weighted by molar-refractivity contribution is 9.10. The molecule has 1 aromatic carbocycles. The molecule has 0 aliphatic carbocycles. The number of aromatic nitrogens is 2. The van der Waals surface area contributed by atoms with Crippen LogP contribution in [0.25, 0.3) is 0 Å². The average molecular weight is 349 g/mol. The molecule has 0 radical (unpaired) electrons. The Kier molecular flexibility index (Phi) is 4.31. The molecule has 0 saturated heterocycles. The minimum Gasteiger partial charge on any atom is -0.337 e. The second-order valence-corrected chi connectivity index (χ2v) is 4.93. The molecule has 0 unspecified atom stereocenters. The van der Waals surface area contributed by atoms with Crippen molar-refractivity contribution >= 4 is 39.0 Å². The summed E-state index contributed by atoms with van der Waals surface area (Å²) in [5, 5.41) is 3.02. The van der Waals surface area contributed by atoms with E-state index in [9.17, 15) is 8.78 Å². The summed E-state index contributed by atoms with van der Waals surface area (Å²) in [6.07, 6.45) is 1.83. The SMILES string of the molecule is CCc1c(Cl)ncnc1Nc1cc(F)c(Br)cc1F. The van der Waals surface area contributed by atoms with Gasteiger partial charge in [-0.2, -0.15) is 0 Å². The molecule has 7 heteroatoms. The summed E-state index contributed by atoms with van der Waals surface area (Å²) in [7, 11) is 0. The second-order valence-electron chi connectivity index (χ2n) is 3.72. The Labute approximate surface area is 122 Å². The molecule has 1 N–H and O–H groups in total. The first-order valence-corrected chi connectivity index (χ1v) is 6.61. The third kappa shape index (κ3) is 3.01. The largest absolute Gasteiger partial charge is 0.337 e. The highest BCUT2D eigenvalue weighted by Gasteiger charge is 2.12. The lowest BCUT2D eigenvalue weighted by Crippen LogP contribution is -2.02. The average Bonchev–Trinajstić information content (AvgIpc) is 2.36. The van der Waals surface area contributed by atoms with Crippen molar-refractivity contribution in [2.75, 3.05) is 5.32 Å². The van der Waals surface area contributed by atoms with Crippen molar-refractivity contribution in [2.24, 2.45) is 0 Å². The fourth-order valence-electron chi connectivity index (χ4n) is 1.56. The zero-order chi connectivity index (χ0) is 14.0. The molecule has 3 nitrogen and oxygen atoms in total. The first-order valence-electron chi connectivity index (χ1n) is 5.43. The summed E-state index contributed by atoms with van der Waals surface area (Å²) in [5.74, 6) is -0.796. The van der Waals surface area contributed by atoms with Crippen LogP contribution in [0.5, 0.6) is 0 Å². The standard InChI is InChI=1S/C12H9BrClF2N3/c1-2-6-11(14)17-5-18-12(6)19-10-4-8(15)7(13)3-9(10)16/h3-5H,2H2,1H3,(H,17,18,19). The summed E-state index contributed by atoms with van der Waals surface area (Å²) in [4.78, 5) is 7.84. The Hall–Kier alpha value is -1.27. The van der Waals surface area contributed by atoms with Gasteiger partial charge in [-0.1, -0.05) is 18.5 Å². The number of nitrogens with one attached hydrogen (secondary N) is 1. The van der Waals surface area contributed by atoms with Crippen LogP contribution in [-0.2, 0) is 6.42 Å². The second kappa shape index (κ2) is 5.79. The van der Waals surface area contributed by atoms with Crippen molar-refractivity contribution in [3.63, 3.8) is 0 Å². The van der Waals surface area contributed by atoms with E-state index < -0.39 is 11.6 Å². The highest BCUT2D eigenvalue weighted by Crippen LogP contribution is 2.28. The fraction of sp³-hybridized carbons (Fsp3) is 0.167. The number of hydrogen-bond donors (Lipinski definition) is 1. The number of nitrogens with zero attached hydrogens (tertiary/aromatic N) is 2. The highest BCUT2D eigenvalue weighted by atomic mass is 79.9. The van der Waals surface area contributed by atoms with Gasteiger partial charge in [0.15, 0.2) is 0 Å². The van der Waals surface area contributed by atoms with Crippen LogP contribution in [-0.4, -0.2) is 9.97 Å². The molecule has 1 heterocycles. The lowest BCUT2D eigenvalue weighted by Gasteiger charge is -2.11. The van der Waals surface area contributed by atoms with Crippen LogP contribution >= 0.6 is 27.5 Å². The molecule has 2 rings (SSSR count). The van der Waals surface area contributed by atoms with Crippen LogP contribution in [0.1, 0.15) is 12.5 Å². The molecule has 0 amide bonds. The summed E-state index contributed by atoms with van der Waals surface area (Å²) >= 11 is 8.84. The van der Waals surface area contributed by atoms with E-state index in [2.05, 4.69) is 31.2 Å². The molecule has 19 heavy (non-hydrogen) atoms. The Bertz CT molecular complexity index is 622. The van der Waals surface area contributed by atoms with Gasteiger partial charge in [0.2, 0.25) is 0 Å². The molecule has 0 saturated carbocycles. The number of hydrogen-bond acceptors (Lipinski definition) is 3. The van der Waals surface area contributed by atoms with Gasteiger partial charge >= 0.3 is 0 Å². The van der Waals surface area contributed by atoms with Crippen LogP contribution in [0.3, 0.4) is 0 Å². The van der Waals surface area contributed by atoms with Crippen molar-refractivity contribution in [3.8, 4) is 0 Å². The van der Waals surface area contributed by atoms with E-state index in [0.717, 1.165) is 12.1 Å². The summed E-state index contributed by atoms with van der Waals surface area (Å²) in [6, 6.07) is 2.10. The normalized spacial score (nSPS) is 10.6. The van der Waals surface area contributed by atoms with Crippen molar-refractivity contribution < 1.29 is 8.78 Å². The lowest BCUT2D eigenvalue weighted by molar-refractivity contribution is 0.597. The molecule has 0 aliphatic rings. The van der Waals surface area contributed by atoms with E-state index in [1.807, 2.05) is 6.92 Å². The topological polar surface area (TPSA) is 37.8 Å². The smallest absolute Gasteiger partial charge is 0.148 e. The molecular formula is C12H9BrClF2N3. The molecule has 0 bridgehead atoms. The molecule has 0 aliphatic heterocycles. The van der Waals surface area contributed by atoms with Gasteiger partial charge < -0.3 is 5.32 Å². The van der Waals surface area contributed by atoms with E-state index in [4.69, 9.17) is 11.6 Å². The molecule has 0 fully saturated rings. The van der Waals surface area contributed by atoms with E-state index in [-0.39, 0.29) is 15.3 Å². The fourth-order valence-corrected chi connectivity index (χ4v) is 2.14. The van der Waals surface area contributed by atoms with E-state index >= 15 is 0 Å². The van der Waals surface area contributed by atoms with Gasteiger partial charge in [0, 0.05) is 11.6 Å². The van der Waals surface area contributed by atoms with Gasteiger partial charge in [-0.25, -0.2) is 18.7 Å². The maximum atomic E-state index is 13.7. The molecule has 100 valence electrons. The Morgan fingerprint density at radius 1 is 1.26 bits per heavy atom. The van der Waals surface area contributed by atoms with E-state index in [1.54, 1.807) is 0 Å². The number of anilines is 2.